The number of rotatable bonds is 1. The number of aryl methyl sites for hydroxylation is 1. The quantitative estimate of drug-likeness (QED) is 0.569. The van der Waals surface area contributed by atoms with Crippen LogP contribution in [-0.2, 0) is 0 Å². The highest BCUT2D eigenvalue weighted by molar-refractivity contribution is 5.47. The van der Waals surface area contributed by atoms with Crippen LogP contribution in [0.5, 0.6) is 5.88 Å². The standard InChI is InChI=1S/C8H8N2O/c1-6-4-7(9-2)5-8(10-6)11-3/h4-5H,1,3H3. The Bertz CT molecular complexity index is 301. The molecule has 0 aliphatic heterocycles. The van der Waals surface area contributed by atoms with Gasteiger partial charge in [0.2, 0.25) is 5.88 Å². The molecule has 0 aliphatic carbocycles. The zero-order chi connectivity index (χ0) is 8.27. The Labute approximate surface area is 65.5 Å². The summed E-state index contributed by atoms with van der Waals surface area (Å²) in [7, 11) is 1.54. The first-order chi connectivity index (χ1) is 5.26. The predicted molar refractivity (Wildman–Crippen MR) is 41.8 cm³/mol. The molecular formula is C8H8N2O. The Morgan fingerprint density at radius 2 is 2.27 bits per heavy atom. The van der Waals surface area contributed by atoms with Gasteiger partial charge in [0, 0.05) is 11.8 Å². The predicted octanol–water partition coefficient (Wildman–Crippen LogP) is 1.95. The molecule has 0 saturated heterocycles. The van der Waals surface area contributed by atoms with Crippen molar-refractivity contribution in [1.82, 2.24) is 4.98 Å². The molecule has 0 atom stereocenters. The molecule has 0 saturated carbocycles. The third-order valence-corrected chi connectivity index (χ3v) is 1.25. The maximum atomic E-state index is 6.75. The summed E-state index contributed by atoms with van der Waals surface area (Å²) in [6, 6.07) is 3.33. The molecule has 0 radical (unpaired) electrons. The van der Waals surface area contributed by atoms with Crippen LogP contribution in [0.4, 0.5) is 5.69 Å². The molecule has 0 amide bonds. The Hall–Kier alpha value is -1.56. The summed E-state index contributed by atoms with van der Waals surface area (Å²) in [6.07, 6.45) is 0. The molecule has 0 spiro atoms. The summed E-state index contributed by atoms with van der Waals surface area (Å²) in [6.45, 7) is 8.58. The van der Waals surface area contributed by atoms with Crippen LogP contribution in [0.2, 0.25) is 0 Å². The lowest BCUT2D eigenvalue weighted by atomic mass is 10.3. The fraction of sp³-hybridized carbons (Fsp3) is 0.250. The third-order valence-electron chi connectivity index (χ3n) is 1.25. The minimum absolute atomic E-state index is 0.496. The molecule has 1 aromatic rings. The van der Waals surface area contributed by atoms with Crippen molar-refractivity contribution in [1.29, 1.82) is 0 Å². The molecule has 0 unspecified atom stereocenters. The van der Waals surface area contributed by atoms with Gasteiger partial charge in [-0.2, -0.15) is 0 Å². The molecule has 0 aromatic carbocycles. The highest BCUT2D eigenvalue weighted by atomic mass is 16.5. The molecule has 1 rings (SSSR count). The van der Waals surface area contributed by atoms with Gasteiger partial charge < -0.3 is 4.74 Å². The summed E-state index contributed by atoms with van der Waals surface area (Å²) >= 11 is 0. The van der Waals surface area contributed by atoms with E-state index in [1.165, 1.54) is 7.11 Å². The number of methoxy groups -OCH3 is 1. The second-order valence-corrected chi connectivity index (χ2v) is 2.12. The van der Waals surface area contributed by atoms with E-state index in [4.69, 9.17) is 11.3 Å². The van der Waals surface area contributed by atoms with E-state index in [0.29, 0.717) is 11.6 Å². The smallest absolute Gasteiger partial charge is 0.202 e. The zero-order valence-electron chi connectivity index (χ0n) is 6.46. The van der Waals surface area contributed by atoms with Gasteiger partial charge in [-0.05, 0) is 13.0 Å². The van der Waals surface area contributed by atoms with Crippen LogP contribution < -0.4 is 4.74 Å². The average Bonchev–Trinajstić information content (AvgIpc) is 2.03. The highest BCUT2D eigenvalue weighted by Gasteiger charge is 1.97. The fourth-order valence-electron chi connectivity index (χ4n) is 0.790. The van der Waals surface area contributed by atoms with Gasteiger partial charge in [0.15, 0.2) is 5.69 Å². The maximum absolute atomic E-state index is 6.75. The minimum Gasteiger partial charge on any atom is -0.482 e. The Kier molecular flexibility index (Phi) is 2.07. The molecule has 1 aromatic heterocycles. The summed E-state index contributed by atoms with van der Waals surface area (Å²) in [4.78, 5) is 7.30. The van der Waals surface area contributed by atoms with Gasteiger partial charge in [-0.3, -0.25) is 0 Å². The first-order valence-corrected chi connectivity index (χ1v) is 3.16. The summed E-state index contributed by atoms with van der Waals surface area (Å²) in [5.74, 6) is 0.496. The van der Waals surface area contributed by atoms with E-state index in [1.807, 2.05) is 6.92 Å². The van der Waals surface area contributed by atoms with Crippen molar-refractivity contribution in [3.05, 3.63) is 29.2 Å². The maximum Gasteiger partial charge on any atom is 0.202 e. The number of ether oxygens (including phenoxy) is 1. The lowest BCUT2D eigenvalue weighted by Gasteiger charge is -1.99. The van der Waals surface area contributed by atoms with Crippen molar-refractivity contribution in [2.45, 2.75) is 6.92 Å². The normalized spacial score (nSPS) is 8.82. The van der Waals surface area contributed by atoms with E-state index < -0.39 is 0 Å². The van der Waals surface area contributed by atoms with Crippen molar-refractivity contribution < 1.29 is 4.74 Å². The topological polar surface area (TPSA) is 26.5 Å². The number of pyridine rings is 1. The van der Waals surface area contributed by atoms with Crippen molar-refractivity contribution in [3.8, 4) is 5.88 Å². The largest absolute Gasteiger partial charge is 0.482 e. The van der Waals surface area contributed by atoms with E-state index in [0.717, 1.165) is 5.69 Å². The van der Waals surface area contributed by atoms with Gasteiger partial charge in [-0.1, -0.05) is 0 Å². The molecule has 1 heterocycles. The molecular weight excluding hydrogens is 140 g/mol. The van der Waals surface area contributed by atoms with E-state index >= 15 is 0 Å². The SMILES string of the molecule is [C-]#[N+]c1cc(C)nc(OC)c1. The first-order valence-electron chi connectivity index (χ1n) is 3.16. The van der Waals surface area contributed by atoms with E-state index in [2.05, 4.69) is 9.83 Å². The van der Waals surface area contributed by atoms with Gasteiger partial charge in [0.05, 0.1) is 13.7 Å². The monoisotopic (exact) mass is 148 g/mol. The van der Waals surface area contributed by atoms with Crippen molar-refractivity contribution in [3.63, 3.8) is 0 Å². The van der Waals surface area contributed by atoms with Crippen LogP contribution in [0.15, 0.2) is 12.1 Å². The molecule has 3 heteroatoms. The highest BCUT2D eigenvalue weighted by Crippen LogP contribution is 2.18. The molecule has 0 aliphatic rings. The van der Waals surface area contributed by atoms with Gasteiger partial charge in [0.25, 0.3) is 0 Å². The molecule has 3 nitrogen and oxygen atoms in total. The molecule has 0 fully saturated rings. The molecule has 11 heavy (non-hydrogen) atoms. The lowest BCUT2D eigenvalue weighted by Crippen LogP contribution is -1.88. The van der Waals surface area contributed by atoms with Gasteiger partial charge in [-0.25, -0.2) is 9.83 Å². The number of hydrogen-bond acceptors (Lipinski definition) is 2. The van der Waals surface area contributed by atoms with Crippen LogP contribution in [-0.4, -0.2) is 12.1 Å². The van der Waals surface area contributed by atoms with Gasteiger partial charge in [0.1, 0.15) is 0 Å². The van der Waals surface area contributed by atoms with Crippen LogP contribution in [0.25, 0.3) is 4.85 Å². The van der Waals surface area contributed by atoms with Crippen LogP contribution >= 0.6 is 0 Å². The summed E-state index contributed by atoms with van der Waals surface area (Å²) in [5.41, 5.74) is 1.37. The second-order valence-electron chi connectivity index (χ2n) is 2.12. The fourth-order valence-corrected chi connectivity index (χ4v) is 0.790. The Morgan fingerprint density at radius 3 is 2.82 bits per heavy atom. The first kappa shape index (κ1) is 7.55. The lowest BCUT2D eigenvalue weighted by molar-refractivity contribution is 0.397. The number of nitrogens with zero attached hydrogens (tertiary/aromatic N) is 2. The number of aromatic nitrogens is 1. The van der Waals surface area contributed by atoms with Crippen LogP contribution in [0.1, 0.15) is 5.69 Å². The Balaban J connectivity index is 3.15. The summed E-state index contributed by atoms with van der Waals surface area (Å²) in [5, 5.41) is 0. The third kappa shape index (κ3) is 1.68. The second kappa shape index (κ2) is 3.02. The van der Waals surface area contributed by atoms with E-state index in [-0.39, 0.29) is 0 Å². The van der Waals surface area contributed by atoms with E-state index in [1.54, 1.807) is 12.1 Å². The Morgan fingerprint density at radius 1 is 1.55 bits per heavy atom. The van der Waals surface area contributed by atoms with Crippen molar-refractivity contribution in [2.24, 2.45) is 0 Å². The van der Waals surface area contributed by atoms with Crippen LogP contribution in [0.3, 0.4) is 0 Å². The van der Waals surface area contributed by atoms with Crippen LogP contribution in [0, 0.1) is 13.5 Å². The van der Waals surface area contributed by atoms with E-state index in [9.17, 15) is 0 Å². The average molecular weight is 148 g/mol. The van der Waals surface area contributed by atoms with Crippen molar-refractivity contribution >= 4 is 5.69 Å². The minimum atomic E-state index is 0.496. The van der Waals surface area contributed by atoms with Crippen molar-refractivity contribution in [2.75, 3.05) is 7.11 Å². The molecule has 0 bridgehead atoms. The summed E-state index contributed by atoms with van der Waals surface area (Å²) < 4.78 is 4.88. The number of hydrogen-bond donors (Lipinski definition) is 0. The van der Waals surface area contributed by atoms with Gasteiger partial charge >= 0.3 is 0 Å². The molecule has 0 N–H and O–H groups in total. The zero-order valence-corrected chi connectivity index (χ0v) is 6.46. The van der Waals surface area contributed by atoms with Gasteiger partial charge in [-0.15, -0.1) is 0 Å². The molecule has 56 valence electrons.